The van der Waals surface area contributed by atoms with E-state index in [9.17, 15) is 0 Å². The monoisotopic (exact) mass is 398 g/mol. The molecule has 2 aliphatic rings. The van der Waals surface area contributed by atoms with E-state index in [1.54, 1.807) is 0 Å². The van der Waals surface area contributed by atoms with Crippen LogP contribution in [0.2, 0.25) is 5.02 Å². The number of hydrogen-bond acceptors (Lipinski definition) is 5. The number of aromatic nitrogens is 2. The molecule has 0 radical (unpaired) electrons. The van der Waals surface area contributed by atoms with Gasteiger partial charge >= 0.3 is 0 Å². The van der Waals surface area contributed by atoms with Gasteiger partial charge in [0.25, 0.3) is 0 Å². The van der Waals surface area contributed by atoms with Crippen LogP contribution in [0, 0.1) is 0 Å². The van der Waals surface area contributed by atoms with Crippen LogP contribution in [-0.2, 0) is 19.3 Å². The van der Waals surface area contributed by atoms with Gasteiger partial charge < -0.3 is 9.80 Å². The average molecular weight is 399 g/mol. The van der Waals surface area contributed by atoms with Crippen molar-refractivity contribution in [3.63, 3.8) is 0 Å². The van der Waals surface area contributed by atoms with E-state index >= 15 is 0 Å². The Kier molecular flexibility index (Phi) is 4.44. The molecule has 0 spiro atoms. The highest BCUT2D eigenvalue weighted by atomic mass is 35.5. The SMILES string of the molecule is CCc1nc(N2CCN(c3ccc(Cl)cc3)CC2)c2c3c(sc2n1)CCC3. The zero-order valence-corrected chi connectivity index (χ0v) is 17.1. The molecule has 3 heterocycles. The number of anilines is 2. The molecule has 0 bridgehead atoms. The van der Waals surface area contributed by atoms with E-state index in [0.717, 1.165) is 43.4 Å². The summed E-state index contributed by atoms with van der Waals surface area (Å²) in [7, 11) is 0. The number of hydrogen-bond donors (Lipinski definition) is 0. The highest BCUT2D eigenvalue weighted by Crippen LogP contribution is 2.41. The third kappa shape index (κ3) is 3.07. The largest absolute Gasteiger partial charge is 0.368 e. The molecule has 2 aromatic heterocycles. The molecular weight excluding hydrogens is 376 g/mol. The summed E-state index contributed by atoms with van der Waals surface area (Å²) in [6, 6.07) is 8.17. The van der Waals surface area contributed by atoms with Gasteiger partial charge in [-0.25, -0.2) is 9.97 Å². The zero-order valence-electron chi connectivity index (χ0n) is 15.5. The molecule has 0 unspecified atom stereocenters. The average Bonchev–Trinajstić information content (AvgIpc) is 3.29. The topological polar surface area (TPSA) is 32.3 Å². The molecule has 1 aliphatic carbocycles. The summed E-state index contributed by atoms with van der Waals surface area (Å²) in [5, 5.41) is 2.13. The second kappa shape index (κ2) is 6.95. The number of piperazine rings is 1. The van der Waals surface area contributed by atoms with Gasteiger partial charge in [0.05, 0.1) is 5.39 Å². The number of thiophene rings is 1. The number of halogens is 1. The fraction of sp³-hybridized carbons (Fsp3) is 0.429. The van der Waals surface area contributed by atoms with E-state index in [1.165, 1.54) is 51.4 Å². The van der Waals surface area contributed by atoms with Crippen molar-refractivity contribution in [2.45, 2.75) is 32.6 Å². The number of aryl methyl sites for hydroxylation is 3. The van der Waals surface area contributed by atoms with Gasteiger partial charge in [0.15, 0.2) is 0 Å². The minimum absolute atomic E-state index is 0.791. The number of nitrogens with zero attached hydrogens (tertiary/aromatic N) is 4. The fourth-order valence-corrected chi connectivity index (χ4v) is 5.64. The summed E-state index contributed by atoms with van der Waals surface area (Å²) in [6.45, 7) is 6.12. The lowest BCUT2D eigenvalue weighted by atomic mass is 10.1. The van der Waals surface area contributed by atoms with E-state index in [2.05, 4.69) is 28.9 Å². The molecule has 0 N–H and O–H groups in total. The number of benzene rings is 1. The van der Waals surface area contributed by atoms with Crippen LogP contribution in [0.25, 0.3) is 10.2 Å². The maximum Gasteiger partial charge on any atom is 0.141 e. The first-order chi connectivity index (χ1) is 13.2. The normalized spacial score (nSPS) is 17.0. The van der Waals surface area contributed by atoms with Gasteiger partial charge in [-0.15, -0.1) is 11.3 Å². The van der Waals surface area contributed by atoms with Crippen LogP contribution in [-0.4, -0.2) is 36.1 Å². The Hall–Kier alpha value is -1.85. The van der Waals surface area contributed by atoms with Crippen molar-refractivity contribution in [2.24, 2.45) is 0 Å². The standard InChI is InChI=1S/C21H23ClN4S/c1-2-18-23-20(19-16-4-3-5-17(16)27-21(19)24-18)26-12-10-25(11-13-26)15-8-6-14(22)7-9-15/h6-9H,2-5,10-13H2,1H3. The molecule has 1 fully saturated rings. The second-order valence-electron chi connectivity index (χ2n) is 7.31. The van der Waals surface area contributed by atoms with Crippen molar-refractivity contribution in [1.82, 2.24) is 9.97 Å². The highest BCUT2D eigenvalue weighted by Gasteiger charge is 2.26. The molecular formula is C21H23ClN4S. The van der Waals surface area contributed by atoms with Crippen molar-refractivity contribution in [2.75, 3.05) is 36.0 Å². The van der Waals surface area contributed by atoms with Crippen LogP contribution in [0.5, 0.6) is 0 Å². The molecule has 4 nitrogen and oxygen atoms in total. The summed E-state index contributed by atoms with van der Waals surface area (Å²) >= 11 is 7.93. The maximum atomic E-state index is 6.03. The van der Waals surface area contributed by atoms with Crippen molar-refractivity contribution in [3.05, 3.63) is 45.6 Å². The molecule has 0 amide bonds. The molecule has 3 aromatic rings. The minimum Gasteiger partial charge on any atom is -0.368 e. The molecule has 6 heteroatoms. The van der Waals surface area contributed by atoms with E-state index in [4.69, 9.17) is 21.6 Å². The molecule has 1 saturated heterocycles. The summed E-state index contributed by atoms with van der Waals surface area (Å²) in [6.07, 6.45) is 4.55. The van der Waals surface area contributed by atoms with Gasteiger partial charge in [0, 0.05) is 48.2 Å². The minimum atomic E-state index is 0.791. The summed E-state index contributed by atoms with van der Waals surface area (Å²) in [4.78, 5) is 17.5. The van der Waals surface area contributed by atoms with Crippen LogP contribution in [0.15, 0.2) is 24.3 Å². The van der Waals surface area contributed by atoms with Crippen LogP contribution < -0.4 is 9.80 Å². The van der Waals surface area contributed by atoms with Crippen LogP contribution in [0.3, 0.4) is 0 Å². The van der Waals surface area contributed by atoms with E-state index < -0.39 is 0 Å². The van der Waals surface area contributed by atoms with E-state index in [1.807, 2.05) is 23.5 Å². The first kappa shape index (κ1) is 17.3. The first-order valence-corrected chi connectivity index (χ1v) is 11.0. The number of fused-ring (bicyclic) bond motifs is 3. The molecule has 140 valence electrons. The maximum absolute atomic E-state index is 6.03. The predicted octanol–water partition coefficient (Wildman–Crippen LogP) is 4.72. The Morgan fingerprint density at radius 2 is 1.74 bits per heavy atom. The lowest BCUT2D eigenvalue weighted by Gasteiger charge is -2.37. The van der Waals surface area contributed by atoms with Crippen molar-refractivity contribution < 1.29 is 0 Å². The highest BCUT2D eigenvalue weighted by molar-refractivity contribution is 7.19. The van der Waals surface area contributed by atoms with Crippen LogP contribution >= 0.6 is 22.9 Å². The van der Waals surface area contributed by atoms with Gasteiger partial charge in [-0.1, -0.05) is 18.5 Å². The lowest BCUT2D eigenvalue weighted by Crippen LogP contribution is -2.47. The van der Waals surface area contributed by atoms with Crippen molar-refractivity contribution in [1.29, 1.82) is 0 Å². The third-order valence-corrected chi connectivity index (χ3v) is 7.12. The molecule has 0 atom stereocenters. The van der Waals surface area contributed by atoms with Crippen molar-refractivity contribution in [3.8, 4) is 0 Å². The fourth-order valence-electron chi connectivity index (χ4n) is 4.23. The van der Waals surface area contributed by atoms with Gasteiger partial charge in [-0.2, -0.15) is 0 Å². The van der Waals surface area contributed by atoms with Gasteiger partial charge in [-0.3, -0.25) is 0 Å². The van der Waals surface area contributed by atoms with Crippen molar-refractivity contribution >= 4 is 44.7 Å². The molecule has 5 rings (SSSR count). The zero-order chi connectivity index (χ0) is 18.4. The third-order valence-electron chi connectivity index (χ3n) is 5.68. The quantitative estimate of drug-likeness (QED) is 0.638. The van der Waals surface area contributed by atoms with Crippen LogP contribution in [0.1, 0.15) is 29.6 Å². The lowest BCUT2D eigenvalue weighted by molar-refractivity contribution is 0.647. The summed E-state index contributed by atoms with van der Waals surface area (Å²) in [5.74, 6) is 2.14. The van der Waals surface area contributed by atoms with Crippen LogP contribution in [0.4, 0.5) is 11.5 Å². The Labute approximate surface area is 168 Å². The smallest absolute Gasteiger partial charge is 0.141 e. The van der Waals surface area contributed by atoms with E-state index in [-0.39, 0.29) is 0 Å². The number of rotatable bonds is 3. The molecule has 1 aliphatic heterocycles. The first-order valence-electron chi connectivity index (χ1n) is 9.79. The summed E-state index contributed by atoms with van der Waals surface area (Å²) < 4.78 is 0. The Balaban J connectivity index is 1.45. The van der Waals surface area contributed by atoms with Gasteiger partial charge in [-0.05, 0) is 49.1 Å². The van der Waals surface area contributed by atoms with Gasteiger partial charge in [0.1, 0.15) is 16.5 Å². The Bertz CT molecular complexity index is 974. The molecule has 0 saturated carbocycles. The molecule has 1 aromatic carbocycles. The van der Waals surface area contributed by atoms with E-state index in [0.29, 0.717) is 0 Å². The Morgan fingerprint density at radius 3 is 2.48 bits per heavy atom. The second-order valence-corrected chi connectivity index (χ2v) is 8.83. The molecule has 27 heavy (non-hydrogen) atoms. The predicted molar refractivity (Wildman–Crippen MR) is 115 cm³/mol. The summed E-state index contributed by atoms with van der Waals surface area (Å²) in [5.41, 5.74) is 2.77. The van der Waals surface area contributed by atoms with Gasteiger partial charge in [0.2, 0.25) is 0 Å². The Morgan fingerprint density at radius 1 is 1.00 bits per heavy atom.